The summed E-state index contributed by atoms with van der Waals surface area (Å²) in [7, 11) is 1.45. The Labute approximate surface area is 172 Å². The molecule has 152 valence electrons. The molecule has 2 aromatic heterocycles. The van der Waals surface area contributed by atoms with Gasteiger partial charge in [-0.25, -0.2) is 4.79 Å². The fraction of sp³-hybridized carbons (Fsp3) is 0.286. The third-order valence-electron chi connectivity index (χ3n) is 5.83. The SMILES string of the molecule is CN1C(=O)c2ccc(NC(=O)N3CCC(c4nnc5ccccn45)CC3)cc2C1=O. The third-order valence-corrected chi connectivity index (χ3v) is 5.83. The summed E-state index contributed by atoms with van der Waals surface area (Å²) in [5.74, 6) is 0.491. The van der Waals surface area contributed by atoms with E-state index in [9.17, 15) is 14.4 Å². The maximum absolute atomic E-state index is 12.7. The largest absolute Gasteiger partial charge is 0.324 e. The first-order valence-corrected chi connectivity index (χ1v) is 9.85. The third kappa shape index (κ3) is 2.90. The zero-order chi connectivity index (χ0) is 20.8. The van der Waals surface area contributed by atoms with E-state index in [1.807, 2.05) is 28.8 Å². The van der Waals surface area contributed by atoms with Gasteiger partial charge in [0.25, 0.3) is 11.8 Å². The molecule has 0 atom stereocenters. The van der Waals surface area contributed by atoms with E-state index in [1.165, 1.54) is 7.05 Å². The highest BCUT2D eigenvalue weighted by Crippen LogP contribution is 2.28. The number of rotatable bonds is 2. The molecule has 30 heavy (non-hydrogen) atoms. The first-order chi connectivity index (χ1) is 14.5. The van der Waals surface area contributed by atoms with Gasteiger partial charge >= 0.3 is 6.03 Å². The maximum Gasteiger partial charge on any atom is 0.321 e. The molecule has 0 aliphatic carbocycles. The fourth-order valence-electron chi connectivity index (χ4n) is 4.12. The average molecular weight is 404 g/mol. The van der Waals surface area contributed by atoms with Crippen molar-refractivity contribution in [2.24, 2.45) is 0 Å². The summed E-state index contributed by atoms with van der Waals surface area (Å²) < 4.78 is 2.00. The summed E-state index contributed by atoms with van der Waals surface area (Å²) in [5, 5.41) is 11.4. The molecular formula is C21H20N6O3. The maximum atomic E-state index is 12.7. The van der Waals surface area contributed by atoms with Crippen molar-refractivity contribution in [3.8, 4) is 0 Å². The molecule has 5 rings (SSSR count). The number of urea groups is 1. The molecule has 9 nitrogen and oxygen atoms in total. The number of pyridine rings is 1. The molecule has 9 heteroatoms. The van der Waals surface area contributed by atoms with Crippen LogP contribution in [0, 0.1) is 0 Å². The van der Waals surface area contributed by atoms with Crippen LogP contribution in [0.1, 0.15) is 45.3 Å². The molecule has 2 aliphatic rings. The van der Waals surface area contributed by atoms with Crippen LogP contribution in [0.25, 0.3) is 5.65 Å². The number of likely N-dealkylation sites (tertiary alicyclic amines) is 1. The van der Waals surface area contributed by atoms with Crippen molar-refractivity contribution in [1.82, 2.24) is 24.4 Å². The number of benzene rings is 1. The van der Waals surface area contributed by atoms with Crippen molar-refractivity contribution in [2.75, 3.05) is 25.5 Å². The van der Waals surface area contributed by atoms with Gasteiger partial charge in [0.1, 0.15) is 5.82 Å². The van der Waals surface area contributed by atoms with Crippen molar-refractivity contribution < 1.29 is 14.4 Å². The Morgan fingerprint density at radius 3 is 2.60 bits per heavy atom. The smallest absolute Gasteiger partial charge is 0.321 e. The van der Waals surface area contributed by atoms with Crippen molar-refractivity contribution in [3.05, 3.63) is 59.5 Å². The Morgan fingerprint density at radius 1 is 1.03 bits per heavy atom. The summed E-state index contributed by atoms with van der Waals surface area (Å²) in [6.07, 6.45) is 3.55. The fourth-order valence-corrected chi connectivity index (χ4v) is 4.12. The van der Waals surface area contributed by atoms with Crippen LogP contribution in [0.4, 0.5) is 10.5 Å². The van der Waals surface area contributed by atoms with Crippen LogP contribution in [-0.2, 0) is 0 Å². The molecular weight excluding hydrogens is 384 g/mol. The minimum absolute atomic E-state index is 0.218. The van der Waals surface area contributed by atoms with Crippen LogP contribution in [0.5, 0.6) is 0 Å². The first-order valence-electron chi connectivity index (χ1n) is 9.85. The van der Waals surface area contributed by atoms with Crippen LogP contribution < -0.4 is 5.32 Å². The molecule has 0 saturated carbocycles. The molecule has 3 aromatic rings. The number of aromatic nitrogens is 3. The van der Waals surface area contributed by atoms with Gasteiger partial charge in [0, 0.05) is 37.9 Å². The quantitative estimate of drug-likeness (QED) is 0.661. The number of piperidine rings is 1. The standard InChI is InChI=1S/C21H20N6O3/c1-25-19(28)15-6-5-14(12-16(15)20(25)29)22-21(30)26-10-7-13(8-11-26)18-24-23-17-4-2-3-9-27(17)18/h2-6,9,12-13H,7-8,10-11H2,1H3,(H,22,30). The van der Waals surface area contributed by atoms with E-state index in [0.29, 0.717) is 29.9 Å². The Kier molecular flexibility index (Phi) is 4.23. The number of amides is 4. The minimum atomic E-state index is -0.354. The van der Waals surface area contributed by atoms with Crippen LogP contribution >= 0.6 is 0 Å². The normalized spacial score (nSPS) is 17.0. The summed E-state index contributed by atoms with van der Waals surface area (Å²) in [4.78, 5) is 39.7. The summed E-state index contributed by atoms with van der Waals surface area (Å²) >= 11 is 0. The lowest BCUT2D eigenvalue weighted by atomic mass is 9.96. The molecule has 0 unspecified atom stereocenters. The van der Waals surface area contributed by atoms with E-state index in [0.717, 1.165) is 29.2 Å². The van der Waals surface area contributed by atoms with Crippen LogP contribution in [0.2, 0.25) is 0 Å². The lowest BCUT2D eigenvalue weighted by Crippen LogP contribution is -2.40. The molecule has 0 radical (unpaired) electrons. The monoisotopic (exact) mass is 404 g/mol. The van der Waals surface area contributed by atoms with Gasteiger partial charge in [-0.3, -0.25) is 18.9 Å². The lowest BCUT2D eigenvalue weighted by Gasteiger charge is -2.31. The molecule has 1 fully saturated rings. The Morgan fingerprint density at radius 2 is 1.80 bits per heavy atom. The molecule has 1 N–H and O–H groups in total. The number of imide groups is 1. The summed E-state index contributed by atoms with van der Waals surface area (Å²) in [6.45, 7) is 1.20. The number of hydrogen-bond donors (Lipinski definition) is 1. The van der Waals surface area contributed by atoms with Gasteiger partial charge in [0.15, 0.2) is 5.65 Å². The van der Waals surface area contributed by atoms with Gasteiger partial charge in [-0.05, 0) is 43.2 Å². The molecule has 0 spiro atoms. The predicted octanol–water partition coefficient (Wildman–Crippen LogP) is 2.37. The Balaban J connectivity index is 1.25. The number of carbonyl (C=O) groups is 3. The van der Waals surface area contributed by atoms with E-state index in [2.05, 4.69) is 15.5 Å². The number of carbonyl (C=O) groups excluding carboxylic acids is 3. The van der Waals surface area contributed by atoms with E-state index < -0.39 is 0 Å². The highest BCUT2D eigenvalue weighted by atomic mass is 16.2. The highest BCUT2D eigenvalue weighted by Gasteiger charge is 2.33. The number of fused-ring (bicyclic) bond motifs is 2. The molecule has 4 amide bonds. The van der Waals surface area contributed by atoms with Gasteiger partial charge < -0.3 is 10.2 Å². The topological polar surface area (TPSA) is 99.9 Å². The Bertz CT molecular complexity index is 1180. The van der Waals surface area contributed by atoms with E-state index in [-0.39, 0.29) is 23.8 Å². The second kappa shape index (κ2) is 6.94. The van der Waals surface area contributed by atoms with Crippen LogP contribution in [0.15, 0.2) is 42.6 Å². The van der Waals surface area contributed by atoms with Crippen molar-refractivity contribution >= 4 is 29.2 Å². The van der Waals surface area contributed by atoms with Crippen molar-refractivity contribution in [2.45, 2.75) is 18.8 Å². The van der Waals surface area contributed by atoms with E-state index in [4.69, 9.17) is 0 Å². The van der Waals surface area contributed by atoms with E-state index >= 15 is 0 Å². The summed E-state index contributed by atoms with van der Waals surface area (Å²) in [6, 6.07) is 10.4. The average Bonchev–Trinajstić information content (AvgIpc) is 3.29. The second-order valence-corrected chi connectivity index (χ2v) is 7.61. The number of hydrogen-bond acceptors (Lipinski definition) is 5. The van der Waals surface area contributed by atoms with Crippen molar-refractivity contribution in [1.29, 1.82) is 0 Å². The summed E-state index contributed by atoms with van der Waals surface area (Å²) in [5.41, 5.74) is 2.00. The second-order valence-electron chi connectivity index (χ2n) is 7.61. The van der Waals surface area contributed by atoms with Gasteiger partial charge in [-0.2, -0.15) is 0 Å². The molecule has 1 saturated heterocycles. The van der Waals surface area contributed by atoms with Gasteiger partial charge in [-0.1, -0.05) is 6.07 Å². The zero-order valence-corrected chi connectivity index (χ0v) is 16.4. The van der Waals surface area contributed by atoms with Crippen molar-refractivity contribution in [3.63, 3.8) is 0 Å². The molecule has 4 heterocycles. The minimum Gasteiger partial charge on any atom is -0.324 e. The van der Waals surface area contributed by atoms with Gasteiger partial charge in [0.2, 0.25) is 0 Å². The Hall–Kier alpha value is -3.75. The van der Waals surface area contributed by atoms with Crippen LogP contribution in [-0.4, -0.2) is 62.4 Å². The zero-order valence-electron chi connectivity index (χ0n) is 16.4. The number of anilines is 1. The lowest BCUT2D eigenvalue weighted by molar-refractivity contribution is 0.0693. The van der Waals surface area contributed by atoms with Gasteiger partial charge in [0.05, 0.1) is 11.1 Å². The van der Waals surface area contributed by atoms with Gasteiger partial charge in [-0.15, -0.1) is 10.2 Å². The van der Waals surface area contributed by atoms with Crippen LogP contribution in [0.3, 0.4) is 0 Å². The van der Waals surface area contributed by atoms with E-state index in [1.54, 1.807) is 23.1 Å². The highest BCUT2D eigenvalue weighted by molar-refractivity contribution is 6.21. The molecule has 2 aliphatic heterocycles. The number of nitrogens with one attached hydrogen (secondary N) is 1. The predicted molar refractivity (Wildman–Crippen MR) is 108 cm³/mol. The molecule has 1 aromatic carbocycles. The molecule has 0 bridgehead atoms. The number of nitrogens with zero attached hydrogens (tertiary/aromatic N) is 5. The first kappa shape index (κ1) is 18.3.